The van der Waals surface area contributed by atoms with E-state index in [9.17, 15) is 0 Å². The monoisotopic (exact) mass is 287 g/mol. The van der Waals surface area contributed by atoms with Crippen molar-refractivity contribution in [2.75, 3.05) is 26.9 Å². The van der Waals surface area contributed by atoms with E-state index in [1.807, 2.05) is 54.6 Å². The van der Waals surface area contributed by atoms with Gasteiger partial charge in [-0.1, -0.05) is 30.3 Å². The van der Waals surface area contributed by atoms with Crippen LogP contribution >= 0.6 is 0 Å². The van der Waals surface area contributed by atoms with Crippen molar-refractivity contribution < 1.29 is 14.2 Å². The molecule has 112 valence electrons. The van der Waals surface area contributed by atoms with Gasteiger partial charge < -0.3 is 19.9 Å². The Labute approximate surface area is 125 Å². The van der Waals surface area contributed by atoms with E-state index in [1.54, 1.807) is 7.11 Å². The second kappa shape index (κ2) is 8.29. The highest BCUT2D eigenvalue weighted by Crippen LogP contribution is 2.21. The summed E-state index contributed by atoms with van der Waals surface area (Å²) in [6.07, 6.45) is -0.153. The molecular weight excluding hydrogens is 266 g/mol. The average molecular weight is 287 g/mol. The van der Waals surface area contributed by atoms with Crippen LogP contribution in [0.5, 0.6) is 11.5 Å². The molecule has 1 atom stereocenters. The maximum Gasteiger partial charge on any atom is 0.119 e. The Morgan fingerprint density at radius 1 is 0.952 bits per heavy atom. The van der Waals surface area contributed by atoms with Crippen molar-refractivity contribution in [2.45, 2.75) is 6.10 Å². The van der Waals surface area contributed by atoms with Gasteiger partial charge in [0.2, 0.25) is 0 Å². The molecule has 0 bridgehead atoms. The Morgan fingerprint density at radius 2 is 1.71 bits per heavy atom. The van der Waals surface area contributed by atoms with Crippen molar-refractivity contribution in [3.8, 4) is 11.5 Å². The molecule has 0 radical (unpaired) electrons. The molecule has 2 rings (SSSR count). The Morgan fingerprint density at radius 3 is 2.43 bits per heavy atom. The summed E-state index contributed by atoms with van der Waals surface area (Å²) in [5.41, 5.74) is 6.79. The third kappa shape index (κ3) is 4.77. The lowest BCUT2D eigenvalue weighted by atomic mass is 10.1. The average Bonchev–Trinajstić information content (AvgIpc) is 2.56. The van der Waals surface area contributed by atoms with Gasteiger partial charge in [-0.2, -0.15) is 0 Å². The minimum absolute atomic E-state index is 0.153. The zero-order valence-electron chi connectivity index (χ0n) is 12.2. The van der Waals surface area contributed by atoms with Crippen LogP contribution in [0.25, 0.3) is 0 Å². The van der Waals surface area contributed by atoms with Crippen molar-refractivity contribution in [3.05, 3.63) is 60.2 Å². The largest absolute Gasteiger partial charge is 0.497 e. The zero-order chi connectivity index (χ0) is 14.9. The SMILES string of the molecule is COc1cccc(C(CN)OCCOc2ccccc2)c1. The molecule has 0 aliphatic heterocycles. The highest BCUT2D eigenvalue weighted by molar-refractivity contribution is 5.30. The fraction of sp³-hybridized carbons (Fsp3) is 0.294. The molecular formula is C17H21NO3. The fourth-order valence-electron chi connectivity index (χ4n) is 2.01. The normalized spacial score (nSPS) is 11.9. The number of hydrogen-bond donors (Lipinski definition) is 1. The van der Waals surface area contributed by atoms with Crippen LogP contribution in [0.15, 0.2) is 54.6 Å². The summed E-state index contributed by atoms with van der Waals surface area (Å²) in [5.74, 6) is 1.64. The van der Waals surface area contributed by atoms with E-state index in [2.05, 4.69) is 0 Å². The molecule has 0 saturated carbocycles. The third-order valence-electron chi connectivity index (χ3n) is 3.09. The van der Waals surface area contributed by atoms with Gasteiger partial charge in [0.15, 0.2) is 0 Å². The van der Waals surface area contributed by atoms with Gasteiger partial charge in [0.25, 0.3) is 0 Å². The Hall–Kier alpha value is -2.04. The molecule has 21 heavy (non-hydrogen) atoms. The first-order valence-electron chi connectivity index (χ1n) is 6.97. The topological polar surface area (TPSA) is 53.7 Å². The Kier molecular flexibility index (Phi) is 6.06. The van der Waals surface area contributed by atoms with Crippen molar-refractivity contribution in [3.63, 3.8) is 0 Å². The van der Waals surface area contributed by atoms with E-state index < -0.39 is 0 Å². The van der Waals surface area contributed by atoms with Crippen molar-refractivity contribution in [1.82, 2.24) is 0 Å². The van der Waals surface area contributed by atoms with Crippen LogP contribution in [0.3, 0.4) is 0 Å². The molecule has 4 heteroatoms. The summed E-state index contributed by atoms with van der Waals surface area (Å²) in [7, 11) is 1.64. The number of ether oxygens (including phenoxy) is 3. The number of hydrogen-bond acceptors (Lipinski definition) is 4. The first kappa shape index (κ1) is 15.4. The minimum atomic E-state index is -0.153. The number of para-hydroxylation sites is 1. The van der Waals surface area contributed by atoms with Crippen molar-refractivity contribution in [2.24, 2.45) is 5.73 Å². The van der Waals surface area contributed by atoms with Gasteiger partial charge in [0.1, 0.15) is 18.1 Å². The quantitative estimate of drug-likeness (QED) is 0.759. The van der Waals surface area contributed by atoms with Gasteiger partial charge in [0, 0.05) is 6.54 Å². The Bertz CT molecular complexity index is 531. The predicted molar refractivity (Wildman–Crippen MR) is 82.7 cm³/mol. The number of methoxy groups -OCH3 is 1. The molecule has 2 aromatic rings. The second-order valence-corrected chi connectivity index (χ2v) is 4.53. The summed E-state index contributed by atoms with van der Waals surface area (Å²) >= 11 is 0. The van der Waals surface area contributed by atoms with Gasteiger partial charge in [-0.05, 0) is 29.8 Å². The second-order valence-electron chi connectivity index (χ2n) is 4.53. The lowest BCUT2D eigenvalue weighted by molar-refractivity contribution is 0.0379. The molecule has 0 amide bonds. The van der Waals surface area contributed by atoms with Gasteiger partial charge >= 0.3 is 0 Å². The fourth-order valence-corrected chi connectivity index (χ4v) is 2.01. The summed E-state index contributed by atoms with van der Waals surface area (Å²) < 4.78 is 16.6. The molecule has 2 aromatic carbocycles. The van der Waals surface area contributed by atoms with E-state index in [4.69, 9.17) is 19.9 Å². The molecule has 2 N–H and O–H groups in total. The summed E-state index contributed by atoms with van der Waals surface area (Å²) in [6.45, 7) is 1.39. The van der Waals surface area contributed by atoms with Crippen LogP contribution < -0.4 is 15.2 Å². The number of benzene rings is 2. The molecule has 0 saturated heterocycles. The lowest BCUT2D eigenvalue weighted by Gasteiger charge is -2.17. The van der Waals surface area contributed by atoms with Crippen molar-refractivity contribution in [1.29, 1.82) is 0 Å². The minimum Gasteiger partial charge on any atom is -0.497 e. The summed E-state index contributed by atoms with van der Waals surface area (Å²) in [6, 6.07) is 17.4. The third-order valence-corrected chi connectivity index (χ3v) is 3.09. The van der Waals surface area contributed by atoms with Crippen LogP contribution in [0.1, 0.15) is 11.7 Å². The lowest BCUT2D eigenvalue weighted by Crippen LogP contribution is -2.18. The number of nitrogens with two attached hydrogens (primary N) is 1. The molecule has 4 nitrogen and oxygen atoms in total. The van der Waals surface area contributed by atoms with E-state index >= 15 is 0 Å². The maximum absolute atomic E-state index is 5.79. The Balaban J connectivity index is 1.82. The molecule has 0 spiro atoms. The molecule has 0 heterocycles. The van der Waals surface area contributed by atoms with Gasteiger partial charge in [-0.25, -0.2) is 0 Å². The highest BCUT2D eigenvalue weighted by Gasteiger charge is 2.10. The first-order valence-corrected chi connectivity index (χ1v) is 6.97. The van der Waals surface area contributed by atoms with E-state index in [0.29, 0.717) is 19.8 Å². The van der Waals surface area contributed by atoms with Crippen LogP contribution in [0.4, 0.5) is 0 Å². The zero-order valence-corrected chi connectivity index (χ0v) is 12.2. The van der Waals surface area contributed by atoms with Crippen LogP contribution in [-0.4, -0.2) is 26.9 Å². The summed E-state index contributed by atoms with van der Waals surface area (Å²) in [5, 5.41) is 0. The molecule has 0 aromatic heterocycles. The standard InChI is InChI=1S/C17H21NO3/c1-19-16-9-5-6-14(12-16)17(13-18)21-11-10-20-15-7-3-2-4-8-15/h2-9,12,17H,10-11,13,18H2,1H3. The van der Waals surface area contributed by atoms with Crippen LogP contribution in [0, 0.1) is 0 Å². The van der Waals surface area contributed by atoms with Gasteiger partial charge in [0.05, 0.1) is 19.8 Å². The summed E-state index contributed by atoms with van der Waals surface area (Å²) in [4.78, 5) is 0. The predicted octanol–water partition coefficient (Wildman–Crippen LogP) is 2.79. The van der Waals surface area contributed by atoms with E-state index in [1.165, 1.54) is 0 Å². The smallest absolute Gasteiger partial charge is 0.119 e. The van der Waals surface area contributed by atoms with Gasteiger partial charge in [-0.3, -0.25) is 0 Å². The first-order chi connectivity index (χ1) is 10.3. The highest BCUT2D eigenvalue weighted by atomic mass is 16.5. The molecule has 1 unspecified atom stereocenters. The van der Waals surface area contributed by atoms with E-state index in [0.717, 1.165) is 17.1 Å². The maximum atomic E-state index is 5.79. The van der Waals surface area contributed by atoms with Crippen LogP contribution in [-0.2, 0) is 4.74 Å². The number of rotatable bonds is 8. The van der Waals surface area contributed by atoms with Crippen molar-refractivity contribution >= 4 is 0 Å². The molecule has 0 fully saturated rings. The van der Waals surface area contributed by atoms with Crippen LogP contribution in [0.2, 0.25) is 0 Å². The molecule has 0 aliphatic rings. The van der Waals surface area contributed by atoms with E-state index in [-0.39, 0.29) is 6.10 Å². The molecule has 0 aliphatic carbocycles. The van der Waals surface area contributed by atoms with Gasteiger partial charge in [-0.15, -0.1) is 0 Å².